The molecule has 3 nitrogen and oxygen atoms in total. The van der Waals surface area contributed by atoms with Crippen LogP contribution >= 0.6 is 12.4 Å². The van der Waals surface area contributed by atoms with Crippen molar-refractivity contribution >= 4 is 12.4 Å². The second-order valence-electron chi connectivity index (χ2n) is 6.93. The van der Waals surface area contributed by atoms with Gasteiger partial charge in [-0.25, -0.2) is 0 Å². The first kappa shape index (κ1) is 21.2. The molecule has 4 heteroatoms. The lowest BCUT2D eigenvalue weighted by Gasteiger charge is -2.37. The lowest BCUT2D eigenvalue weighted by Crippen LogP contribution is -2.41. The molecule has 0 saturated carbocycles. The number of piperidine rings is 1. The summed E-state index contributed by atoms with van der Waals surface area (Å²) in [5.41, 5.74) is 0. The Morgan fingerprint density at radius 1 is 1.24 bits per heavy atom. The molecule has 0 aromatic carbocycles. The van der Waals surface area contributed by atoms with Crippen LogP contribution in [-0.4, -0.2) is 48.8 Å². The molecule has 0 aromatic rings. The molecule has 0 spiro atoms. The van der Waals surface area contributed by atoms with Gasteiger partial charge in [-0.05, 0) is 83.5 Å². The number of hydrogen-bond acceptors (Lipinski definition) is 3. The molecule has 2 unspecified atom stereocenters. The van der Waals surface area contributed by atoms with Gasteiger partial charge in [0.25, 0.3) is 0 Å². The molecule has 0 aliphatic carbocycles. The molecule has 1 saturated heterocycles. The van der Waals surface area contributed by atoms with Crippen LogP contribution in [0.3, 0.4) is 0 Å². The molecule has 0 amide bonds. The number of unbranched alkanes of at least 4 members (excludes halogenated alkanes) is 1. The molecule has 128 valence electrons. The summed E-state index contributed by atoms with van der Waals surface area (Å²) in [5, 5.41) is 12.6. The first-order valence-corrected chi connectivity index (χ1v) is 8.69. The molecular formula is C17H37ClN2O. The SMILES string of the molecule is CC(C)CCNCCCCN1CCC(CCO)CC1C.Cl. The number of nitrogens with zero attached hydrogens (tertiary/aromatic N) is 1. The molecule has 2 atom stereocenters. The Kier molecular flexibility index (Phi) is 12.8. The average Bonchev–Trinajstić information content (AvgIpc) is 2.40. The Labute approximate surface area is 138 Å². The summed E-state index contributed by atoms with van der Waals surface area (Å²) in [6, 6.07) is 0.703. The van der Waals surface area contributed by atoms with Gasteiger partial charge in [0.05, 0.1) is 0 Å². The van der Waals surface area contributed by atoms with E-state index in [0.717, 1.165) is 18.3 Å². The molecule has 1 aliphatic heterocycles. The van der Waals surface area contributed by atoms with E-state index < -0.39 is 0 Å². The predicted octanol–water partition coefficient (Wildman–Crippen LogP) is 3.31. The number of nitrogens with one attached hydrogen (secondary N) is 1. The van der Waals surface area contributed by atoms with Gasteiger partial charge in [0.15, 0.2) is 0 Å². The molecule has 1 rings (SSSR count). The Morgan fingerprint density at radius 3 is 2.62 bits per heavy atom. The highest BCUT2D eigenvalue weighted by atomic mass is 35.5. The summed E-state index contributed by atoms with van der Waals surface area (Å²) in [6.07, 6.45) is 7.43. The maximum atomic E-state index is 9.03. The Balaban J connectivity index is 0.00000400. The van der Waals surface area contributed by atoms with Crippen molar-refractivity contribution in [3.05, 3.63) is 0 Å². The number of hydrogen-bond donors (Lipinski definition) is 2. The van der Waals surface area contributed by atoms with E-state index in [1.54, 1.807) is 0 Å². The third kappa shape index (κ3) is 9.72. The van der Waals surface area contributed by atoms with E-state index in [-0.39, 0.29) is 12.4 Å². The zero-order valence-corrected chi connectivity index (χ0v) is 15.1. The van der Waals surface area contributed by atoms with Gasteiger partial charge in [0, 0.05) is 12.6 Å². The molecule has 1 fully saturated rings. The van der Waals surface area contributed by atoms with Crippen molar-refractivity contribution in [1.82, 2.24) is 10.2 Å². The van der Waals surface area contributed by atoms with Crippen LogP contribution in [0, 0.1) is 11.8 Å². The molecule has 0 aromatic heterocycles. The van der Waals surface area contributed by atoms with Crippen LogP contribution in [0.15, 0.2) is 0 Å². The Hall–Kier alpha value is 0.170. The zero-order valence-electron chi connectivity index (χ0n) is 14.3. The van der Waals surface area contributed by atoms with Crippen molar-refractivity contribution < 1.29 is 5.11 Å². The van der Waals surface area contributed by atoms with Crippen molar-refractivity contribution in [2.45, 2.75) is 65.3 Å². The Bertz CT molecular complexity index is 239. The summed E-state index contributed by atoms with van der Waals surface area (Å²) in [4.78, 5) is 2.64. The minimum Gasteiger partial charge on any atom is -0.396 e. The van der Waals surface area contributed by atoms with Gasteiger partial charge in [-0.2, -0.15) is 0 Å². The summed E-state index contributed by atoms with van der Waals surface area (Å²) in [6.45, 7) is 12.1. The maximum Gasteiger partial charge on any atom is 0.0433 e. The van der Waals surface area contributed by atoms with Gasteiger partial charge in [0.1, 0.15) is 0 Å². The largest absolute Gasteiger partial charge is 0.396 e. The predicted molar refractivity (Wildman–Crippen MR) is 94.3 cm³/mol. The number of aliphatic hydroxyl groups is 1. The van der Waals surface area contributed by atoms with Crippen LogP contribution in [0.1, 0.15) is 59.3 Å². The topological polar surface area (TPSA) is 35.5 Å². The number of likely N-dealkylation sites (tertiary alicyclic amines) is 1. The fourth-order valence-corrected chi connectivity index (χ4v) is 3.18. The van der Waals surface area contributed by atoms with Crippen molar-refractivity contribution in [3.63, 3.8) is 0 Å². The molecule has 1 aliphatic rings. The summed E-state index contributed by atoms with van der Waals surface area (Å²) < 4.78 is 0. The minimum atomic E-state index is 0. The second-order valence-corrected chi connectivity index (χ2v) is 6.93. The first-order valence-electron chi connectivity index (χ1n) is 8.69. The van der Waals surface area contributed by atoms with Crippen LogP contribution in [-0.2, 0) is 0 Å². The van der Waals surface area contributed by atoms with E-state index in [4.69, 9.17) is 5.11 Å². The lowest BCUT2D eigenvalue weighted by molar-refractivity contribution is 0.107. The molecule has 2 N–H and O–H groups in total. The maximum absolute atomic E-state index is 9.03. The second kappa shape index (κ2) is 12.7. The standard InChI is InChI=1S/C17H36N2O.ClH/c1-15(2)6-10-18-9-4-5-11-19-12-7-17(8-13-20)14-16(19)3;/h15-18,20H,4-14H2,1-3H3;1H. The van der Waals surface area contributed by atoms with Gasteiger partial charge < -0.3 is 15.3 Å². The van der Waals surface area contributed by atoms with Crippen molar-refractivity contribution in [3.8, 4) is 0 Å². The lowest BCUT2D eigenvalue weighted by atomic mass is 9.89. The van der Waals surface area contributed by atoms with Crippen LogP contribution in [0.25, 0.3) is 0 Å². The zero-order chi connectivity index (χ0) is 14.8. The molecule has 1 heterocycles. The first-order chi connectivity index (χ1) is 9.63. The quantitative estimate of drug-likeness (QED) is 0.606. The highest BCUT2D eigenvalue weighted by Gasteiger charge is 2.24. The molecule has 21 heavy (non-hydrogen) atoms. The molecular weight excluding hydrogens is 284 g/mol. The van der Waals surface area contributed by atoms with Gasteiger partial charge in [-0.15, -0.1) is 12.4 Å². The third-order valence-electron chi connectivity index (χ3n) is 4.61. The fourth-order valence-electron chi connectivity index (χ4n) is 3.18. The number of aliphatic hydroxyl groups excluding tert-OH is 1. The monoisotopic (exact) mass is 320 g/mol. The van der Waals surface area contributed by atoms with E-state index in [1.165, 1.54) is 58.3 Å². The summed E-state index contributed by atoms with van der Waals surface area (Å²) in [7, 11) is 0. The highest BCUT2D eigenvalue weighted by Crippen LogP contribution is 2.25. The third-order valence-corrected chi connectivity index (χ3v) is 4.61. The molecule has 0 radical (unpaired) electrons. The van der Waals surface area contributed by atoms with E-state index in [1.807, 2.05) is 0 Å². The van der Waals surface area contributed by atoms with E-state index in [2.05, 4.69) is 31.0 Å². The van der Waals surface area contributed by atoms with Crippen LogP contribution in [0.4, 0.5) is 0 Å². The van der Waals surface area contributed by atoms with Crippen LogP contribution < -0.4 is 5.32 Å². The Morgan fingerprint density at radius 2 is 2.00 bits per heavy atom. The van der Waals surface area contributed by atoms with Gasteiger partial charge in [-0.1, -0.05) is 13.8 Å². The van der Waals surface area contributed by atoms with E-state index in [0.29, 0.717) is 12.6 Å². The number of rotatable bonds is 10. The van der Waals surface area contributed by atoms with Gasteiger partial charge in [0.2, 0.25) is 0 Å². The van der Waals surface area contributed by atoms with E-state index >= 15 is 0 Å². The van der Waals surface area contributed by atoms with Crippen LogP contribution in [0.5, 0.6) is 0 Å². The normalized spacial score (nSPS) is 23.3. The van der Waals surface area contributed by atoms with Gasteiger partial charge >= 0.3 is 0 Å². The number of halogens is 1. The highest BCUT2D eigenvalue weighted by molar-refractivity contribution is 5.85. The van der Waals surface area contributed by atoms with Crippen LogP contribution in [0.2, 0.25) is 0 Å². The smallest absolute Gasteiger partial charge is 0.0433 e. The molecule has 0 bridgehead atoms. The summed E-state index contributed by atoms with van der Waals surface area (Å²) >= 11 is 0. The fraction of sp³-hybridized carbons (Fsp3) is 1.00. The van der Waals surface area contributed by atoms with Crippen molar-refractivity contribution in [2.75, 3.05) is 32.8 Å². The van der Waals surface area contributed by atoms with Crippen molar-refractivity contribution in [2.24, 2.45) is 11.8 Å². The van der Waals surface area contributed by atoms with Crippen molar-refractivity contribution in [1.29, 1.82) is 0 Å². The summed E-state index contributed by atoms with van der Waals surface area (Å²) in [5.74, 6) is 1.56. The average molecular weight is 321 g/mol. The van der Waals surface area contributed by atoms with E-state index in [9.17, 15) is 0 Å². The minimum absolute atomic E-state index is 0. The van der Waals surface area contributed by atoms with Gasteiger partial charge in [-0.3, -0.25) is 0 Å².